The SMILES string of the molecule is CNC(=O)CC(C)(C)OCCC(C)(C)NF. The van der Waals surface area contributed by atoms with Gasteiger partial charge in [0, 0.05) is 19.2 Å². The molecular formula is C11H23FN2O2. The molecule has 0 aliphatic rings. The lowest BCUT2D eigenvalue weighted by molar-refractivity contribution is -0.127. The molecule has 0 spiro atoms. The lowest BCUT2D eigenvalue weighted by Gasteiger charge is -2.27. The van der Waals surface area contributed by atoms with Crippen LogP contribution < -0.4 is 10.9 Å². The first-order chi connectivity index (χ1) is 7.22. The van der Waals surface area contributed by atoms with Gasteiger partial charge in [0.05, 0.1) is 12.0 Å². The topological polar surface area (TPSA) is 50.4 Å². The Morgan fingerprint density at radius 1 is 1.31 bits per heavy atom. The number of halogens is 1. The van der Waals surface area contributed by atoms with Crippen LogP contribution in [0.4, 0.5) is 4.48 Å². The largest absolute Gasteiger partial charge is 0.375 e. The van der Waals surface area contributed by atoms with Crippen molar-refractivity contribution < 1.29 is 14.0 Å². The third-order valence-corrected chi connectivity index (χ3v) is 2.34. The van der Waals surface area contributed by atoms with Crippen molar-refractivity contribution in [3.8, 4) is 0 Å². The fourth-order valence-electron chi connectivity index (χ4n) is 1.16. The first kappa shape index (κ1) is 15.3. The number of rotatable bonds is 7. The van der Waals surface area contributed by atoms with Crippen LogP contribution >= 0.6 is 0 Å². The number of hydrogen-bond acceptors (Lipinski definition) is 3. The number of amides is 1. The molecule has 16 heavy (non-hydrogen) atoms. The van der Waals surface area contributed by atoms with Crippen LogP contribution in [0.2, 0.25) is 0 Å². The quantitative estimate of drug-likeness (QED) is 0.657. The second kappa shape index (κ2) is 6.15. The van der Waals surface area contributed by atoms with Crippen molar-refractivity contribution in [3.63, 3.8) is 0 Å². The Balaban J connectivity index is 3.95. The molecule has 96 valence electrons. The van der Waals surface area contributed by atoms with E-state index < -0.39 is 11.1 Å². The van der Waals surface area contributed by atoms with E-state index in [1.807, 2.05) is 13.8 Å². The second-order valence-electron chi connectivity index (χ2n) is 5.19. The number of carbonyl (C=O) groups is 1. The van der Waals surface area contributed by atoms with Crippen LogP contribution in [0, 0.1) is 0 Å². The molecule has 0 aliphatic heterocycles. The highest BCUT2D eigenvalue weighted by atomic mass is 19.2. The second-order valence-corrected chi connectivity index (χ2v) is 5.19. The lowest BCUT2D eigenvalue weighted by atomic mass is 10.0. The molecule has 0 heterocycles. The average molecular weight is 234 g/mol. The van der Waals surface area contributed by atoms with Gasteiger partial charge < -0.3 is 10.1 Å². The Kier molecular flexibility index (Phi) is 5.89. The minimum atomic E-state index is -0.594. The molecule has 0 rings (SSSR count). The monoisotopic (exact) mass is 234 g/mol. The normalized spacial score (nSPS) is 12.6. The molecule has 2 N–H and O–H groups in total. The van der Waals surface area contributed by atoms with Crippen molar-refractivity contribution >= 4 is 5.91 Å². The zero-order chi connectivity index (χ0) is 12.8. The van der Waals surface area contributed by atoms with Crippen LogP contribution in [0.1, 0.15) is 40.5 Å². The summed E-state index contributed by atoms with van der Waals surface area (Å²) in [4.78, 5) is 11.2. The maximum atomic E-state index is 12.3. The van der Waals surface area contributed by atoms with E-state index >= 15 is 0 Å². The highest BCUT2D eigenvalue weighted by Crippen LogP contribution is 2.17. The van der Waals surface area contributed by atoms with Crippen LogP contribution in [0.5, 0.6) is 0 Å². The molecule has 0 saturated heterocycles. The zero-order valence-corrected chi connectivity index (χ0v) is 10.8. The van der Waals surface area contributed by atoms with Gasteiger partial charge in [-0.05, 0) is 34.1 Å². The van der Waals surface area contributed by atoms with Crippen LogP contribution in [-0.4, -0.2) is 30.7 Å². The maximum absolute atomic E-state index is 12.3. The van der Waals surface area contributed by atoms with Gasteiger partial charge in [-0.1, -0.05) is 0 Å². The first-order valence-electron chi connectivity index (χ1n) is 5.45. The van der Waals surface area contributed by atoms with Gasteiger partial charge in [0.15, 0.2) is 0 Å². The van der Waals surface area contributed by atoms with Crippen molar-refractivity contribution in [3.05, 3.63) is 0 Å². The summed E-state index contributed by atoms with van der Waals surface area (Å²) in [6, 6.07) is 0. The smallest absolute Gasteiger partial charge is 0.222 e. The Morgan fingerprint density at radius 3 is 2.31 bits per heavy atom. The highest BCUT2D eigenvalue weighted by molar-refractivity contribution is 5.76. The molecule has 0 aromatic carbocycles. The Hall–Kier alpha value is -0.680. The maximum Gasteiger partial charge on any atom is 0.222 e. The van der Waals surface area contributed by atoms with Gasteiger partial charge in [0.1, 0.15) is 0 Å². The molecule has 0 radical (unpaired) electrons. The fraction of sp³-hybridized carbons (Fsp3) is 0.909. The summed E-state index contributed by atoms with van der Waals surface area (Å²) in [5.74, 6) is -0.0622. The Morgan fingerprint density at radius 2 is 1.88 bits per heavy atom. The molecule has 0 bridgehead atoms. The number of carbonyl (C=O) groups excluding carboxylic acids is 1. The zero-order valence-electron chi connectivity index (χ0n) is 10.8. The van der Waals surface area contributed by atoms with Gasteiger partial charge >= 0.3 is 0 Å². The molecule has 1 amide bonds. The van der Waals surface area contributed by atoms with Gasteiger partial charge in [-0.25, -0.2) is 0 Å². The predicted octanol–water partition coefficient (Wildman–Crippen LogP) is 1.56. The minimum Gasteiger partial charge on any atom is -0.375 e. The number of hydrogen-bond donors (Lipinski definition) is 2. The number of ether oxygens (including phenoxy) is 1. The van der Waals surface area contributed by atoms with Crippen LogP contribution in [-0.2, 0) is 9.53 Å². The molecule has 5 heteroatoms. The fourth-order valence-corrected chi connectivity index (χ4v) is 1.16. The van der Waals surface area contributed by atoms with E-state index in [4.69, 9.17) is 4.74 Å². The van der Waals surface area contributed by atoms with E-state index in [0.29, 0.717) is 19.4 Å². The third kappa shape index (κ3) is 6.74. The molecule has 4 nitrogen and oxygen atoms in total. The van der Waals surface area contributed by atoms with E-state index in [-0.39, 0.29) is 5.91 Å². The van der Waals surface area contributed by atoms with Crippen molar-refractivity contribution in [2.75, 3.05) is 13.7 Å². The van der Waals surface area contributed by atoms with Gasteiger partial charge in [0.25, 0.3) is 0 Å². The summed E-state index contributed by atoms with van der Waals surface area (Å²) in [7, 11) is 1.59. The van der Waals surface area contributed by atoms with Crippen molar-refractivity contribution in [1.82, 2.24) is 10.9 Å². The van der Waals surface area contributed by atoms with E-state index in [0.717, 1.165) is 0 Å². The van der Waals surface area contributed by atoms with E-state index in [2.05, 4.69) is 5.32 Å². The van der Waals surface area contributed by atoms with E-state index in [1.54, 1.807) is 26.4 Å². The molecule has 0 unspecified atom stereocenters. The van der Waals surface area contributed by atoms with Crippen molar-refractivity contribution in [1.29, 1.82) is 0 Å². The van der Waals surface area contributed by atoms with Crippen molar-refractivity contribution in [2.45, 2.75) is 51.7 Å². The minimum absolute atomic E-state index is 0.0622. The molecular weight excluding hydrogens is 211 g/mol. The summed E-state index contributed by atoms with van der Waals surface area (Å²) in [5, 5.41) is 2.55. The number of nitrogens with one attached hydrogen (secondary N) is 2. The van der Waals surface area contributed by atoms with Gasteiger partial charge in [-0.15, -0.1) is 4.48 Å². The molecule has 0 saturated carbocycles. The van der Waals surface area contributed by atoms with E-state index in [9.17, 15) is 9.28 Å². The standard InChI is InChI=1S/C11H23FN2O2/c1-10(2,14-12)6-7-16-11(3,4)8-9(15)13-5/h14H,6-8H2,1-5H3,(H,13,15). The Bertz CT molecular complexity index is 230. The Labute approximate surface area is 96.9 Å². The molecule has 0 aliphatic carbocycles. The summed E-state index contributed by atoms with van der Waals surface area (Å²) in [5.41, 5.74) is 0.605. The van der Waals surface area contributed by atoms with Crippen LogP contribution in [0.25, 0.3) is 0 Å². The lowest BCUT2D eigenvalue weighted by Crippen LogP contribution is -2.37. The first-order valence-corrected chi connectivity index (χ1v) is 5.45. The summed E-state index contributed by atoms with van der Waals surface area (Å²) in [6.45, 7) is 7.61. The summed E-state index contributed by atoms with van der Waals surface area (Å²) < 4.78 is 17.9. The summed E-state index contributed by atoms with van der Waals surface area (Å²) >= 11 is 0. The third-order valence-electron chi connectivity index (χ3n) is 2.34. The van der Waals surface area contributed by atoms with E-state index in [1.165, 1.54) is 0 Å². The molecule has 0 aromatic rings. The predicted molar refractivity (Wildman–Crippen MR) is 61.7 cm³/mol. The molecule has 0 fully saturated rings. The van der Waals surface area contributed by atoms with Crippen molar-refractivity contribution in [2.24, 2.45) is 0 Å². The van der Waals surface area contributed by atoms with Crippen LogP contribution in [0.3, 0.4) is 0 Å². The molecule has 0 aromatic heterocycles. The van der Waals surface area contributed by atoms with Gasteiger partial charge in [0.2, 0.25) is 5.91 Å². The summed E-state index contributed by atoms with van der Waals surface area (Å²) in [6.07, 6.45) is 0.841. The van der Waals surface area contributed by atoms with Crippen LogP contribution in [0.15, 0.2) is 0 Å². The average Bonchev–Trinajstić information content (AvgIpc) is 2.16. The highest BCUT2D eigenvalue weighted by Gasteiger charge is 2.24. The molecule has 0 atom stereocenters. The van der Waals surface area contributed by atoms with Gasteiger partial charge in [-0.2, -0.15) is 5.54 Å². The van der Waals surface area contributed by atoms with Gasteiger partial charge in [-0.3, -0.25) is 4.79 Å².